The van der Waals surface area contributed by atoms with Crippen LogP contribution in [-0.4, -0.2) is 15.0 Å². The quantitative estimate of drug-likeness (QED) is 0.911. The number of rotatable bonds is 3. The molecule has 112 valence electrons. The van der Waals surface area contributed by atoms with Crippen LogP contribution in [0.3, 0.4) is 0 Å². The maximum Gasteiger partial charge on any atom is 0.416 e. The van der Waals surface area contributed by atoms with E-state index in [0.29, 0.717) is 11.4 Å². The van der Waals surface area contributed by atoms with Crippen LogP contribution in [0.25, 0.3) is 0 Å². The van der Waals surface area contributed by atoms with E-state index in [0.717, 1.165) is 12.1 Å². The maximum atomic E-state index is 12.5. The number of hydrogen-bond acceptors (Lipinski definition) is 5. The van der Waals surface area contributed by atoms with Gasteiger partial charge in [0.25, 0.3) is 0 Å². The van der Waals surface area contributed by atoms with Gasteiger partial charge in [0.2, 0.25) is 11.9 Å². The molecule has 8 heteroatoms. The summed E-state index contributed by atoms with van der Waals surface area (Å²) in [5.41, 5.74) is 5.51. The van der Waals surface area contributed by atoms with Gasteiger partial charge >= 0.3 is 6.18 Å². The molecule has 21 heavy (non-hydrogen) atoms. The SMILES string of the molecule is Cc1nc(N)nc(NC(C)c2ccc(C(F)(F)F)cc2)n1. The Morgan fingerprint density at radius 3 is 2.24 bits per heavy atom. The predicted molar refractivity (Wildman–Crippen MR) is 72.5 cm³/mol. The van der Waals surface area contributed by atoms with Crippen LogP contribution in [0.1, 0.15) is 29.9 Å². The van der Waals surface area contributed by atoms with Gasteiger partial charge < -0.3 is 11.1 Å². The number of aryl methyl sites for hydroxylation is 1. The topological polar surface area (TPSA) is 76.7 Å². The fraction of sp³-hybridized carbons (Fsp3) is 0.308. The van der Waals surface area contributed by atoms with Crippen molar-refractivity contribution in [1.82, 2.24) is 15.0 Å². The van der Waals surface area contributed by atoms with Crippen molar-refractivity contribution >= 4 is 11.9 Å². The number of benzene rings is 1. The molecule has 1 aromatic heterocycles. The van der Waals surface area contributed by atoms with E-state index in [1.165, 1.54) is 12.1 Å². The Hall–Kier alpha value is -2.38. The summed E-state index contributed by atoms with van der Waals surface area (Å²) in [5.74, 6) is 0.835. The number of anilines is 2. The molecule has 0 amide bonds. The molecule has 1 aromatic carbocycles. The number of hydrogen-bond donors (Lipinski definition) is 2. The molecular weight excluding hydrogens is 283 g/mol. The number of nitrogens with one attached hydrogen (secondary N) is 1. The van der Waals surface area contributed by atoms with Crippen molar-refractivity contribution in [2.75, 3.05) is 11.1 Å². The fourth-order valence-corrected chi connectivity index (χ4v) is 1.80. The molecule has 0 aliphatic carbocycles. The largest absolute Gasteiger partial charge is 0.416 e. The number of alkyl halides is 3. The normalized spacial score (nSPS) is 13.0. The van der Waals surface area contributed by atoms with Crippen molar-refractivity contribution in [3.05, 3.63) is 41.2 Å². The molecular formula is C13H14F3N5. The summed E-state index contributed by atoms with van der Waals surface area (Å²) in [6, 6.07) is 4.64. The molecule has 0 saturated heterocycles. The minimum Gasteiger partial charge on any atom is -0.368 e. The van der Waals surface area contributed by atoms with Gasteiger partial charge in [0.05, 0.1) is 11.6 Å². The summed E-state index contributed by atoms with van der Waals surface area (Å²) in [6.45, 7) is 3.46. The van der Waals surface area contributed by atoms with Crippen LogP contribution in [-0.2, 0) is 6.18 Å². The van der Waals surface area contributed by atoms with Gasteiger partial charge in [0.1, 0.15) is 5.82 Å². The summed E-state index contributed by atoms with van der Waals surface area (Å²) in [4.78, 5) is 11.8. The summed E-state index contributed by atoms with van der Waals surface area (Å²) in [5, 5.41) is 2.97. The Morgan fingerprint density at radius 2 is 1.71 bits per heavy atom. The highest BCUT2D eigenvalue weighted by molar-refractivity contribution is 5.36. The van der Waals surface area contributed by atoms with Gasteiger partial charge in [0, 0.05) is 0 Å². The number of nitrogen functional groups attached to an aromatic ring is 1. The average molecular weight is 297 g/mol. The van der Waals surface area contributed by atoms with Crippen LogP contribution in [0.5, 0.6) is 0 Å². The second-order valence-corrected chi connectivity index (χ2v) is 4.55. The lowest BCUT2D eigenvalue weighted by Gasteiger charge is -2.15. The maximum absolute atomic E-state index is 12.5. The number of aromatic nitrogens is 3. The number of nitrogens with two attached hydrogens (primary N) is 1. The molecule has 0 bridgehead atoms. The van der Waals surface area contributed by atoms with Gasteiger partial charge in [-0.2, -0.15) is 28.1 Å². The third kappa shape index (κ3) is 3.80. The molecule has 0 spiro atoms. The first kappa shape index (κ1) is 15.0. The van der Waals surface area contributed by atoms with Crippen LogP contribution in [0.4, 0.5) is 25.1 Å². The van der Waals surface area contributed by atoms with Gasteiger partial charge in [-0.25, -0.2) is 0 Å². The van der Waals surface area contributed by atoms with Crippen LogP contribution < -0.4 is 11.1 Å². The van der Waals surface area contributed by atoms with Crippen molar-refractivity contribution in [3.8, 4) is 0 Å². The van der Waals surface area contributed by atoms with E-state index in [9.17, 15) is 13.2 Å². The lowest BCUT2D eigenvalue weighted by molar-refractivity contribution is -0.137. The highest BCUT2D eigenvalue weighted by Crippen LogP contribution is 2.30. The number of halogens is 3. The minimum absolute atomic E-state index is 0.0876. The molecule has 3 N–H and O–H groups in total. The van der Waals surface area contributed by atoms with Gasteiger partial charge in [-0.3, -0.25) is 0 Å². The van der Waals surface area contributed by atoms with E-state index in [1.54, 1.807) is 13.8 Å². The van der Waals surface area contributed by atoms with Crippen molar-refractivity contribution in [2.24, 2.45) is 0 Å². The Bertz CT molecular complexity index is 604. The molecule has 0 aliphatic rings. The molecule has 0 aliphatic heterocycles. The second-order valence-electron chi connectivity index (χ2n) is 4.55. The highest BCUT2D eigenvalue weighted by Gasteiger charge is 2.30. The molecule has 0 fully saturated rings. The van der Waals surface area contributed by atoms with Crippen molar-refractivity contribution in [2.45, 2.75) is 26.1 Å². The van der Waals surface area contributed by atoms with E-state index in [1.807, 2.05) is 0 Å². The van der Waals surface area contributed by atoms with Crippen molar-refractivity contribution in [1.29, 1.82) is 0 Å². The lowest BCUT2D eigenvalue weighted by Crippen LogP contribution is -2.12. The summed E-state index contributed by atoms with van der Waals surface area (Å²) >= 11 is 0. The molecule has 1 atom stereocenters. The zero-order chi connectivity index (χ0) is 15.6. The number of nitrogens with zero attached hydrogens (tertiary/aromatic N) is 3. The Labute approximate surface area is 119 Å². The molecule has 1 unspecified atom stereocenters. The summed E-state index contributed by atoms with van der Waals surface area (Å²) < 4.78 is 37.5. The van der Waals surface area contributed by atoms with Crippen LogP contribution >= 0.6 is 0 Å². The van der Waals surface area contributed by atoms with Crippen molar-refractivity contribution in [3.63, 3.8) is 0 Å². The second kappa shape index (κ2) is 5.55. The fourth-order valence-electron chi connectivity index (χ4n) is 1.80. The monoisotopic (exact) mass is 297 g/mol. The summed E-state index contributed by atoms with van der Waals surface area (Å²) in [7, 11) is 0. The Kier molecular flexibility index (Phi) is 3.97. The van der Waals surface area contributed by atoms with Crippen LogP contribution in [0, 0.1) is 6.92 Å². The highest BCUT2D eigenvalue weighted by atomic mass is 19.4. The zero-order valence-corrected chi connectivity index (χ0v) is 11.4. The smallest absolute Gasteiger partial charge is 0.368 e. The first-order chi connectivity index (χ1) is 9.75. The third-order valence-corrected chi connectivity index (χ3v) is 2.85. The lowest BCUT2D eigenvalue weighted by atomic mass is 10.1. The predicted octanol–water partition coefficient (Wildman–Crippen LogP) is 2.95. The molecule has 2 rings (SSSR count). The standard InChI is InChI=1S/C13H14F3N5/c1-7(18-12-20-8(2)19-11(17)21-12)9-3-5-10(6-4-9)13(14,15)16/h3-7H,1-2H3,(H3,17,18,19,20,21). The molecule has 5 nitrogen and oxygen atoms in total. The zero-order valence-electron chi connectivity index (χ0n) is 11.4. The average Bonchev–Trinajstić information content (AvgIpc) is 2.36. The Morgan fingerprint density at radius 1 is 1.10 bits per heavy atom. The van der Waals surface area contributed by atoms with E-state index in [-0.39, 0.29) is 17.9 Å². The van der Waals surface area contributed by atoms with Crippen LogP contribution in [0.2, 0.25) is 0 Å². The molecule has 2 aromatic rings. The third-order valence-electron chi connectivity index (χ3n) is 2.85. The van der Waals surface area contributed by atoms with E-state index >= 15 is 0 Å². The minimum atomic E-state index is -4.34. The first-order valence-electron chi connectivity index (χ1n) is 6.17. The molecule has 1 heterocycles. The van der Waals surface area contributed by atoms with E-state index in [4.69, 9.17) is 5.73 Å². The van der Waals surface area contributed by atoms with Gasteiger partial charge in [0.15, 0.2) is 0 Å². The Balaban J connectivity index is 2.15. The summed E-state index contributed by atoms with van der Waals surface area (Å²) in [6.07, 6.45) is -4.34. The van der Waals surface area contributed by atoms with E-state index in [2.05, 4.69) is 20.3 Å². The van der Waals surface area contributed by atoms with Gasteiger partial charge in [-0.15, -0.1) is 0 Å². The van der Waals surface area contributed by atoms with Crippen molar-refractivity contribution < 1.29 is 13.2 Å². The van der Waals surface area contributed by atoms with Crippen LogP contribution in [0.15, 0.2) is 24.3 Å². The van der Waals surface area contributed by atoms with Gasteiger partial charge in [-0.05, 0) is 31.5 Å². The first-order valence-corrected chi connectivity index (χ1v) is 6.17. The van der Waals surface area contributed by atoms with E-state index < -0.39 is 11.7 Å². The van der Waals surface area contributed by atoms with Gasteiger partial charge in [-0.1, -0.05) is 12.1 Å². The molecule has 0 saturated carbocycles. The molecule has 0 radical (unpaired) electrons.